The van der Waals surface area contributed by atoms with Crippen molar-refractivity contribution in [2.45, 2.75) is 32.0 Å². The van der Waals surface area contributed by atoms with Gasteiger partial charge in [-0.1, -0.05) is 11.3 Å². The van der Waals surface area contributed by atoms with Gasteiger partial charge in [0, 0.05) is 12.2 Å². The molecular weight excluding hydrogens is 236 g/mol. The molecule has 0 aromatic carbocycles. The van der Waals surface area contributed by atoms with Gasteiger partial charge in [-0.2, -0.15) is 0 Å². The lowest BCUT2D eigenvalue weighted by molar-refractivity contribution is 0.285. The van der Waals surface area contributed by atoms with Gasteiger partial charge >= 0.3 is 0 Å². The smallest absolute Gasteiger partial charge is 0.186 e. The fraction of sp³-hybridized carbons (Fsp3) is 0.417. The molecule has 1 N–H and O–H groups in total. The number of hydrogen-bond acceptors (Lipinski definition) is 5. The Labute approximate surface area is 104 Å². The van der Waals surface area contributed by atoms with Crippen LogP contribution in [0.15, 0.2) is 29.0 Å². The van der Waals surface area contributed by atoms with E-state index in [1.807, 2.05) is 12.1 Å². The lowest BCUT2D eigenvalue weighted by Crippen LogP contribution is -2.24. The molecule has 0 spiro atoms. The predicted octanol–water partition coefficient (Wildman–Crippen LogP) is 2.40. The number of aromatic nitrogens is 1. The summed E-state index contributed by atoms with van der Waals surface area (Å²) in [4.78, 5) is 7.55. The first-order chi connectivity index (χ1) is 8.36. The van der Waals surface area contributed by atoms with Gasteiger partial charge in [-0.05, 0) is 25.0 Å². The van der Waals surface area contributed by atoms with Gasteiger partial charge in [-0.3, -0.25) is 0 Å². The van der Waals surface area contributed by atoms with E-state index in [-0.39, 0.29) is 6.61 Å². The van der Waals surface area contributed by atoms with Crippen molar-refractivity contribution in [1.29, 1.82) is 0 Å². The Morgan fingerprint density at radius 1 is 1.53 bits per heavy atom. The molecule has 2 heterocycles. The summed E-state index contributed by atoms with van der Waals surface area (Å²) in [5.41, 5.74) is 0. The average Bonchev–Trinajstić information content (AvgIpc) is 2.88. The van der Waals surface area contributed by atoms with Crippen LogP contribution < -0.4 is 4.90 Å². The highest BCUT2D eigenvalue weighted by molar-refractivity contribution is 7.15. The third-order valence-corrected chi connectivity index (χ3v) is 3.86. The maximum Gasteiger partial charge on any atom is 0.186 e. The number of furan rings is 1. The zero-order valence-electron chi connectivity index (χ0n) is 9.37. The zero-order valence-corrected chi connectivity index (χ0v) is 10.2. The minimum atomic E-state index is 0.0664. The van der Waals surface area contributed by atoms with Crippen LogP contribution in [0, 0.1) is 0 Å². The minimum absolute atomic E-state index is 0.0664. The molecule has 5 heteroatoms. The quantitative estimate of drug-likeness (QED) is 0.885. The van der Waals surface area contributed by atoms with E-state index in [1.54, 1.807) is 23.8 Å². The van der Waals surface area contributed by atoms with Crippen LogP contribution in [0.5, 0.6) is 0 Å². The van der Waals surface area contributed by atoms with Crippen molar-refractivity contribution in [2.24, 2.45) is 0 Å². The molecule has 0 radical (unpaired) electrons. The van der Waals surface area contributed by atoms with Crippen LogP contribution in [0.3, 0.4) is 0 Å². The molecule has 0 amide bonds. The molecule has 0 bridgehead atoms. The lowest BCUT2D eigenvalue weighted by atomic mass is 10.4. The molecule has 90 valence electrons. The molecule has 0 unspecified atom stereocenters. The monoisotopic (exact) mass is 250 g/mol. The van der Waals surface area contributed by atoms with Crippen LogP contribution in [-0.4, -0.2) is 16.1 Å². The van der Waals surface area contributed by atoms with Gasteiger partial charge < -0.3 is 14.4 Å². The second-order valence-electron chi connectivity index (χ2n) is 4.21. The van der Waals surface area contributed by atoms with E-state index in [0.717, 1.165) is 22.3 Å². The number of hydrogen-bond donors (Lipinski definition) is 1. The van der Waals surface area contributed by atoms with Gasteiger partial charge in [0.1, 0.15) is 5.76 Å². The highest BCUT2D eigenvalue weighted by Crippen LogP contribution is 2.35. The first kappa shape index (κ1) is 10.8. The molecule has 3 rings (SSSR count). The molecule has 2 aromatic heterocycles. The van der Waals surface area contributed by atoms with Gasteiger partial charge in [0.05, 0.1) is 24.3 Å². The van der Waals surface area contributed by atoms with Gasteiger partial charge in [0.2, 0.25) is 0 Å². The van der Waals surface area contributed by atoms with Crippen molar-refractivity contribution < 1.29 is 9.52 Å². The second-order valence-corrected chi connectivity index (χ2v) is 5.30. The summed E-state index contributed by atoms with van der Waals surface area (Å²) in [5.74, 6) is 0.956. The van der Waals surface area contributed by atoms with E-state index >= 15 is 0 Å². The number of nitrogens with zero attached hydrogens (tertiary/aromatic N) is 2. The summed E-state index contributed by atoms with van der Waals surface area (Å²) in [6, 6.07) is 4.47. The predicted molar refractivity (Wildman–Crippen MR) is 65.9 cm³/mol. The summed E-state index contributed by atoms with van der Waals surface area (Å²) in [7, 11) is 0. The molecule has 2 aromatic rings. The molecule has 4 nitrogen and oxygen atoms in total. The fourth-order valence-corrected chi connectivity index (χ4v) is 2.65. The van der Waals surface area contributed by atoms with E-state index in [0.29, 0.717) is 6.04 Å². The molecule has 0 saturated heterocycles. The van der Waals surface area contributed by atoms with Crippen LogP contribution in [0.25, 0.3) is 0 Å². The van der Waals surface area contributed by atoms with E-state index in [2.05, 4.69) is 9.88 Å². The van der Waals surface area contributed by atoms with Crippen molar-refractivity contribution in [3.05, 3.63) is 35.2 Å². The molecular formula is C12H14N2O2S. The first-order valence-electron chi connectivity index (χ1n) is 5.71. The molecule has 1 fully saturated rings. The Morgan fingerprint density at radius 2 is 2.41 bits per heavy atom. The lowest BCUT2D eigenvalue weighted by Gasteiger charge is -2.19. The van der Waals surface area contributed by atoms with Crippen LogP contribution in [-0.2, 0) is 13.2 Å². The van der Waals surface area contributed by atoms with Crippen molar-refractivity contribution in [2.75, 3.05) is 4.90 Å². The van der Waals surface area contributed by atoms with Crippen molar-refractivity contribution in [3.8, 4) is 0 Å². The summed E-state index contributed by atoms with van der Waals surface area (Å²) in [6.45, 7) is 0.826. The Hall–Kier alpha value is -1.33. The largest absolute Gasteiger partial charge is 0.467 e. The molecule has 0 atom stereocenters. The fourth-order valence-electron chi connectivity index (χ4n) is 1.81. The van der Waals surface area contributed by atoms with E-state index in [4.69, 9.17) is 9.52 Å². The van der Waals surface area contributed by atoms with Crippen LogP contribution in [0.4, 0.5) is 5.13 Å². The van der Waals surface area contributed by atoms with Crippen molar-refractivity contribution in [1.82, 2.24) is 4.98 Å². The normalized spacial score (nSPS) is 15.1. The Bertz CT molecular complexity index is 476. The number of aliphatic hydroxyl groups is 1. The van der Waals surface area contributed by atoms with Crippen LogP contribution in [0.2, 0.25) is 0 Å². The Morgan fingerprint density at radius 3 is 3.00 bits per heavy atom. The highest BCUT2D eigenvalue weighted by Gasteiger charge is 2.31. The number of rotatable bonds is 5. The Balaban J connectivity index is 1.79. The van der Waals surface area contributed by atoms with Gasteiger partial charge in [-0.15, -0.1) is 0 Å². The SMILES string of the molecule is OCc1cnc(N(Cc2ccco2)C2CC2)s1. The molecule has 0 aliphatic heterocycles. The zero-order chi connectivity index (χ0) is 11.7. The third-order valence-electron chi connectivity index (χ3n) is 2.84. The molecule has 1 saturated carbocycles. The third kappa shape index (κ3) is 2.35. The van der Waals surface area contributed by atoms with Gasteiger partial charge in [-0.25, -0.2) is 4.98 Å². The maximum absolute atomic E-state index is 9.08. The van der Waals surface area contributed by atoms with Crippen molar-refractivity contribution >= 4 is 16.5 Å². The standard InChI is InChI=1S/C12H14N2O2S/c15-8-11-6-13-12(17-11)14(9-3-4-9)7-10-2-1-5-16-10/h1-2,5-6,9,15H,3-4,7-8H2. The van der Waals surface area contributed by atoms with E-state index in [1.165, 1.54) is 12.8 Å². The van der Waals surface area contributed by atoms with Crippen molar-refractivity contribution in [3.63, 3.8) is 0 Å². The van der Waals surface area contributed by atoms with Crippen LogP contribution >= 0.6 is 11.3 Å². The number of aliphatic hydroxyl groups excluding tert-OH is 1. The van der Waals surface area contributed by atoms with E-state index < -0.39 is 0 Å². The average molecular weight is 250 g/mol. The van der Waals surface area contributed by atoms with Gasteiger partial charge in [0.25, 0.3) is 0 Å². The maximum atomic E-state index is 9.08. The summed E-state index contributed by atoms with van der Waals surface area (Å²) < 4.78 is 5.38. The Kier molecular flexibility index (Phi) is 2.86. The molecule has 1 aliphatic rings. The second kappa shape index (κ2) is 4.50. The number of thiazole rings is 1. The van der Waals surface area contributed by atoms with E-state index in [9.17, 15) is 0 Å². The summed E-state index contributed by atoms with van der Waals surface area (Å²) in [5, 5.41) is 10.1. The summed E-state index contributed by atoms with van der Waals surface area (Å²) in [6.07, 6.45) is 5.88. The summed E-state index contributed by atoms with van der Waals surface area (Å²) >= 11 is 1.55. The number of anilines is 1. The molecule has 1 aliphatic carbocycles. The topological polar surface area (TPSA) is 49.5 Å². The van der Waals surface area contributed by atoms with Crippen LogP contribution in [0.1, 0.15) is 23.5 Å². The minimum Gasteiger partial charge on any atom is -0.467 e. The van der Waals surface area contributed by atoms with Gasteiger partial charge in [0.15, 0.2) is 5.13 Å². The molecule has 17 heavy (non-hydrogen) atoms. The highest BCUT2D eigenvalue weighted by atomic mass is 32.1. The first-order valence-corrected chi connectivity index (χ1v) is 6.53.